The molecule has 3 N–H and O–H groups in total. The second kappa shape index (κ2) is 12.5. The topological polar surface area (TPSA) is 61.3 Å². The Hall–Kier alpha value is -1.83. The molecular weight excluding hydrogens is 425 g/mol. The van der Waals surface area contributed by atoms with Crippen molar-refractivity contribution in [3.8, 4) is 0 Å². The molecule has 2 rings (SSSR count). The fourth-order valence-corrected chi connectivity index (χ4v) is 2.25. The molecule has 0 fully saturated rings. The first-order valence-electron chi connectivity index (χ1n) is 8.43. The van der Waals surface area contributed by atoms with Gasteiger partial charge in [-0.25, -0.2) is 4.98 Å². The quantitative estimate of drug-likeness (QED) is 0.248. The van der Waals surface area contributed by atoms with Gasteiger partial charge in [-0.3, -0.25) is 4.99 Å². The number of guanidine groups is 1. The van der Waals surface area contributed by atoms with Crippen molar-refractivity contribution in [2.75, 3.05) is 25.5 Å². The number of aliphatic imine (C=N–C) groups is 1. The minimum absolute atomic E-state index is 0. The van der Waals surface area contributed by atoms with Gasteiger partial charge >= 0.3 is 0 Å². The van der Waals surface area contributed by atoms with Crippen molar-refractivity contribution < 1.29 is 0 Å². The van der Waals surface area contributed by atoms with E-state index < -0.39 is 0 Å². The van der Waals surface area contributed by atoms with Crippen molar-refractivity contribution in [3.63, 3.8) is 0 Å². The maximum atomic E-state index is 4.25. The number of nitrogens with one attached hydrogen (secondary N) is 3. The number of anilines is 1. The maximum Gasteiger partial charge on any atom is 0.191 e. The molecule has 0 atom stereocenters. The molecule has 0 saturated carbocycles. The molecule has 0 bridgehead atoms. The summed E-state index contributed by atoms with van der Waals surface area (Å²) in [4.78, 5) is 8.50. The number of hydrogen-bond donors (Lipinski definition) is 3. The fourth-order valence-electron chi connectivity index (χ4n) is 2.25. The Balaban J connectivity index is 0.00000312. The third-order valence-electron chi connectivity index (χ3n) is 3.67. The van der Waals surface area contributed by atoms with Crippen molar-refractivity contribution in [2.45, 2.75) is 26.3 Å². The zero-order valence-electron chi connectivity index (χ0n) is 15.0. The molecule has 6 heteroatoms. The second-order valence-electron chi connectivity index (χ2n) is 5.69. The molecular formula is C19H28IN5. The summed E-state index contributed by atoms with van der Waals surface area (Å²) >= 11 is 0. The van der Waals surface area contributed by atoms with Crippen molar-refractivity contribution in [2.24, 2.45) is 4.99 Å². The minimum atomic E-state index is 0. The summed E-state index contributed by atoms with van der Waals surface area (Å²) in [6, 6.07) is 14.4. The van der Waals surface area contributed by atoms with Crippen LogP contribution in [0.2, 0.25) is 0 Å². The minimum Gasteiger partial charge on any atom is -0.370 e. The lowest BCUT2D eigenvalue weighted by atomic mass is 10.1. The van der Waals surface area contributed by atoms with Gasteiger partial charge < -0.3 is 16.0 Å². The highest BCUT2D eigenvalue weighted by Gasteiger charge is 1.98. The van der Waals surface area contributed by atoms with Crippen LogP contribution in [-0.2, 0) is 6.54 Å². The lowest BCUT2D eigenvalue weighted by molar-refractivity contribution is 0.711. The highest BCUT2D eigenvalue weighted by Crippen LogP contribution is 2.02. The lowest BCUT2D eigenvalue weighted by Gasteiger charge is -2.12. The van der Waals surface area contributed by atoms with Gasteiger partial charge in [0, 0.05) is 32.9 Å². The van der Waals surface area contributed by atoms with Gasteiger partial charge in [-0.2, -0.15) is 0 Å². The highest BCUT2D eigenvalue weighted by molar-refractivity contribution is 14.0. The Morgan fingerprint density at radius 2 is 1.76 bits per heavy atom. The molecule has 0 aliphatic rings. The van der Waals surface area contributed by atoms with E-state index in [0.717, 1.165) is 44.3 Å². The summed E-state index contributed by atoms with van der Waals surface area (Å²) in [7, 11) is 1.80. The summed E-state index contributed by atoms with van der Waals surface area (Å²) in [6.07, 6.45) is 3.96. The number of pyridine rings is 1. The number of halogens is 1. The van der Waals surface area contributed by atoms with Crippen molar-refractivity contribution in [1.29, 1.82) is 0 Å². The van der Waals surface area contributed by atoms with Gasteiger partial charge in [0.25, 0.3) is 0 Å². The van der Waals surface area contributed by atoms with Gasteiger partial charge in [-0.05, 0) is 37.5 Å². The first kappa shape index (κ1) is 21.2. The smallest absolute Gasteiger partial charge is 0.191 e. The monoisotopic (exact) mass is 453 g/mol. The van der Waals surface area contributed by atoms with Crippen molar-refractivity contribution >= 4 is 35.8 Å². The number of aryl methyl sites for hydroxylation is 1. The third kappa shape index (κ3) is 8.72. The van der Waals surface area contributed by atoms with Gasteiger partial charge in [0.05, 0.1) is 0 Å². The first-order valence-corrected chi connectivity index (χ1v) is 8.43. The molecule has 0 saturated heterocycles. The van der Waals surface area contributed by atoms with E-state index in [1.807, 2.05) is 18.2 Å². The van der Waals surface area contributed by atoms with E-state index in [1.165, 1.54) is 11.1 Å². The molecule has 0 aliphatic heterocycles. The average Bonchev–Trinajstić information content (AvgIpc) is 2.63. The highest BCUT2D eigenvalue weighted by atomic mass is 127. The van der Waals surface area contributed by atoms with Gasteiger partial charge in [0.2, 0.25) is 0 Å². The number of unbranched alkanes of at least 4 members (excludes halogenated alkanes) is 1. The van der Waals surface area contributed by atoms with E-state index in [2.05, 4.69) is 57.1 Å². The Morgan fingerprint density at radius 1 is 1.00 bits per heavy atom. The molecule has 0 amide bonds. The molecule has 1 heterocycles. The molecule has 5 nitrogen and oxygen atoms in total. The molecule has 136 valence electrons. The third-order valence-corrected chi connectivity index (χ3v) is 3.67. The van der Waals surface area contributed by atoms with E-state index in [4.69, 9.17) is 0 Å². The molecule has 1 aromatic carbocycles. The molecule has 0 unspecified atom stereocenters. The molecule has 2 aromatic rings. The summed E-state index contributed by atoms with van der Waals surface area (Å²) in [5, 5.41) is 9.99. The summed E-state index contributed by atoms with van der Waals surface area (Å²) < 4.78 is 0. The SMILES string of the molecule is CN=C(NCCCCNc1ccccn1)NCc1ccc(C)cc1.I. The Bertz CT molecular complexity index is 613. The van der Waals surface area contributed by atoms with E-state index in [9.17, 15) is 0 Å². The summed E-state index contributed by atoms with van der Waals surface area (Å²) in [6.45, 7) is 4.70. The number of hydrogen-bond acceptors (Lipinski definition) is 3. The van der Waals surface area contributed by atoms with Gasteiger partial charge in [-0.15, -0.1) is 24.0 Å². The van der Waals surface area contributed by atoms with Crippen LogP contribution in [0.3, 0.4) is 0 Å². The number of rotatable bonds is 8. The van der Waals surface area contributed by atoms with Crippen LogP contribution >= 0.6 is 24.0 Å². The van der Waals surface area contributed by atoms with Crippen LogP contribution in [0.5, 0.6) is 0 Å². The average molecular weight is 453 g/mol. The number of aromatic nitrogens is 1. The first-order chi connectivity index (χ1) is 11.8. The Morgan fingerprint density at radius 3 is 2.44 bits per heavy atom. The Labute approximate surface area is 167 Å². The van der Waals surface area contributed by atoms with Crippen LogP contribution in [0, 0.1) is 6.92 Å². The fraction of sp³-hybridized carbons (Fsp3) is 0.368. The molecule has 1 aromatic heterocycles. The zero-order valence-corrected chi connectivity index (χ0v) is 17.3. The van der Waals surface area contributed by atoms with Crippen LogP contribution < -0.4 is 16.0 Å². The van der Waals surface area contributed by atoms with Crippen molar-refractivity contribution in [3.05, 3.63) is 59.8 Å². The Kier molecular flexibility index (Phi) is 10.6. The predicted molar refractivity (Wildman–Crippen MR) is 117 cm³/mol. The van der Waals surface area contributed by atoms with Crippen LogP contribution in [-0.4, -0.2) is 31.1 Å². The summed E-state index contributed by atoms with van der Waals surface area (Å²) in [5.74, 6) is 1.77. The van der Waals surface area contributed by atoms with Crippen molar-refractivity contribution in [1.82, 2.24) is 15.6 Å². The van der Waals surface area contributed by atoms with Crippen LogP contribution in [0.25, 0.3) is 0 Å². The van der Waals surface area contributed by atoms with E-state index in [-0.39, 0.29) is 24.0 Å². The van der Waals surface area contributed by atoms with E-state index >= 15 is 0 Å². The second-order valence-corrected chi connectivity index (χ2v) is 5.69. The van der Waals surface area contributed by atoms with Crippen LogP contribution in [0.4, 0.5) is 5.82 Å². The maximum absolute atomic E-state index is 4.25. The number of nitrogens with zero attached hydrogens (tertiary/aromatic N) is 2. The predicted octanol–water partition coefficient (Wildman–Crippen LogP) is 3.57. The van der Waals surface area contributed by atoms with Gasteiger partial charge in [-0.1, -0.05) is 35.9 Å². The number of benzene rings is 1. The normalized spacial score (nSPS) is 10.7. The van der Waals surface area contributed by atoms with E-state index in [1.54, 1.807) is 13.2 Å². The van der Waals surface area contributed by atoms with Crippen LogP contribution in [0.1, 0.15) is 24.0 Å². The molecule has 0 aliphatic carbocycles. The summed E-state index contributed by atoms with van der Waals surface area (Å²) in [5.41, 5.74) is 2.53. The van der Waals surface area contributed by atoms with Gasteiger partial charge in [0.15, 0.2) is 5.96 Å². The lowest BCUT2D eigenvalue weighted by Crippen LogP contribution is -2.37. The largest absolute Gasteiger partial charge is 0.370 e. The van der Waals surface area contributed by atoms with Gasteiger partial charge in [0.1, 0.15) is 5.82 Å². The zero-order chi connectivity index (χ0) is 17.0. The van der Waals surface area contributed by atoms with Crippen LogP contribution in [0.15, 0.2) is 53.7 Å². The standard InChI is InChI=1S/C19H27N5.HI/c1-16-8-10-17(11-9-16)15-24-19(20-2)23-14-6-5-13-22-18-7-3-4-12-21-18;/h3-4,7-12H,5-6,13-15H2,1-2H3,(H,21,22)(H2,20,23,24);1H. The molecule has 0 spiro atoms. The van der Waals surface area contributed by atoms with E-state index in [0.29, 0.717) is 0 Å². The molecule has 25 heavy (non-hydrogen) atoms. The molecule has 0 radical (unpaired) electrons.